The van der Waals surface area contributed by atoms with Crippen molar-refractivity contribution in [2.24, 2.45) is 29.2 Å². The Morgan fingerprint density at radius 3 is 1.71 bits per heavy atom. The molecule has 0 radical (unpaired) electrons. The minimum Gasteiger partial charge on any atom is -0.480 e. The molecule has 0 aliphatic carbocycles. The monoisotopic (exact) mass is 784 g/mol. The molecule has 19 nitrogen and oxygen atoms in total. The fraction of sp³-hybridized carbons (Fsp3) is 0.778. The van der Waals surface area contributed by atoms with Crippen molar-refractivity contribution in [3.63, 3.8) is 0 Å². The summed E-state index contributed by atoms with van der Waals surface area (Å²) in [5, 5.41) is 41.9. The van der Waals surface area contributed by atoms with Crippen LogP contribution in [0.2, 0.25) is 0 Å². The number of carbonyl (C=O) groups excluding carboxylic acids is 7. The predicted octanol–water partition coefficient (Wildman–Crippen LogP) is -2.02. The van der Waals surface area contributed by atoms with Crippen LogP contribution in [-0.2, 0) is 38.4 Å². The second kappa shape index (κ2) is 22.9. The summed E-state index contributed by atoms with van der Waals surface area (Å²) in [6.07, 6.45) is -1.93. The molecule has 0 bridgehead atoms. The number of hydrogen-bond donors (Lipinski definition) is 10. The quantitative estimate of drug-likeness (QED) is 0.0537. The van der Waals surface area contributed by atoms with Crippen molar-refractivity contribution in [2.75, 3.05) is 6.54 Å². The molecule has 1 rings (SSSR count). The van der Waals surface area contributed by atoms with Crippen LogP contribution in [0.5, 0.6) is 0 Å². The van der Waals surface area contributed by atoms with Crippen molar-refractivity contribution < 1.29 is 53.7 Å². The number of carboxylic acid groups (broad SMARTS) is 1. The van der Waals surface area contributed by atoms with Crippen molar-refractivity contribution >= 4 is 47.3 Å². The number of amides is 7. The molecule has 1 aliphatic rings. The molecule has 10 atom stereocenters. The van der Waals surface area contributed by atoms with Crippen LogP contribution in [0.1, 0.15) is 100 Å². The van der Waals surface area contributed by atoms with Gasteiger partial charge in [-0.1, -0.05) is 48.0 Å². The van der Waals surface area contributed by atoms with Crippen molar-refractivity contribution in [1.29, 1.82) is 0 Å². The molecule has 0 aromatic rings. The van der Waals surface area contributed by atoms with Crippen LogP contribution >= 0.6 is 0 Å². The summed E-state index contributed by atoms with van der Waals surface area (Å²) in [5.74, 6) is -7.41. The van der Waals surface area contributed by atoms with Gasteiger partial charge in [-0.25, -0.2) is 4.79 Å². The maximum atomic E-state index is 13.8. The maximum absolute atomic E-state index is 13.8. The number of rotatable bonds is 23. The van der Waals surface area contributed by atoms with E-state index in [2.05, 4.69) is 26.6 Å². The predicted molar refractivity (Wildman–Crippen MR) is 200 cm³/mol. The zero-order chi connectivity index (χ0) is 42.3. The Bertz CT molecular complexity index is 1360. The highest BCUT2D eigenvalue weighted by Gasteiger charge is 2.40. The Morgan fingerprint density at radius 1 is 0.709 bits per heavy atom. The third kappa shape index (κ3) is 15.7. The third-order valence-electron chi connectivity index (χ3n) is 9.44. The summed E-state index contributed by atoms with van der Waals surface area (Å²) >= 11 is 0. The lowest BCUT2D eigenvalue weighted by Gasteiger charge is -2.31. The van der Waals surface area contributed by atoms with E-state index in [1.807, 2.05) is 20.8 Å². The molecule has 1 fully saturated rings. The largest absolute Gasteiger partial charge is 0.480 e. The van der Waals surface area contributed by atoms with Gasteiger partial charge in [0.15, 0.2) is 6.04 Å². The lowest BCUT2D eigenvalue weighted by molar-refractivity contribution is -0.145. The van der Waals surface area contributed by atoms with Crippen LogP contribution < -0.4 is 38.1 Å². The first-order valence-electron chi connectivity index (χ1n) is 19.0. The third-order valence-corrected chi connectivity index (χ3v) is 9.44. The average Bonchev–Trinajstić information content (AvgIpc) is 3.58. The van der Waals surface area contributed by atoms with E-state index in [-0.39, 0.29) is 30.6 Å². The number of hydrogen-bond acceptors (Lipinski definition) is 11. The number of aliphatic hydroxyl groups excluding tert-OH is 2. The highest BCUT2D eigenvalue weighted by molar-refractivity contribution is 5.97. The van der Waals surface area contributed by atoms with Crippen molar-refractivity contribution in [1.82, 2.24) is 31.5 Å². The molecule has 7 amide bonds. The van der Waals surface area contributed by atoms with Gasteiger partial charge < -0.3 is 58.3 Å². The molecule has 1 heterocycles. The number of likely N-dealkylation sites (tertiary alicyclic amines) is 1. The molecule has 0 aromatic carbocycles. The van der Waals surface area contributed by atoms with Gasteiger partial charge in [0.1, 0.15) is 30.2 Å². The number of aliphatic carboxylic acids is 1. The van der Waals surface area contributed by atoms with E-state index in [1.165, 1.54) is 11.8 Å². The summed E-state index contributed by atoms with van der Waals surface area (Å²) in [5.41, 5.74) is 11.4. The van der Waals surface area contributed by atoms with Gasteiger partial charge in [0.05, 0.1) is 18.2 Å². The number of primary amides is 1. The highest BCUT2D eigenvalue weighted by atomic mass is 16.4. The second-order valence-corrected chi connectivity index (χ2v) is 15.3. The van der Waals surface area contributed by atoms with Gasteiger partial charge >= 0.3 is 5.97 Å². The number of carboxylic acids is 1. The van der Waals surface area contributed by atoms with E-state index in [0.717, 1.165) is 6.92 Å². The fourth-order valence-corrected chi connectivity index (χ4v) is 6.16. The van der Waals surface area contributed by atoms with Gasteiger partial charge in [0, 0.05) is 13.0 Å². The van der Waals surface area contributed by atoms with E-state index in [1.54, 1.807) is 20.8 Å². The first-order chi connectivity index (χ1) is 25.5. The average molecular weight is 785 g/mol. The highest BCUT2D eigenvalue weighted by Crippen LogP contribution is 2.21. The maximum Gasteiger partial charge on any atom is 0.328 e. The number of carbonyl (C=O) groups is 8. The molecule has 55 heavy (non-hydrogen) atoms. The summed E-state index contributed by atoms with van der Waals surface area (Å²) in [4.78, 5) is 105. The molecular formula is C36H64N8O11. The van der Waals surface area contributed by atoms with E-state index >= 15 is 0 Å². The van der Waals surface area contributed by atoms with Gasteiger partial charge in [-0.15, -0.1) is 0 Å². The molecule has 0 aromatic heterocycles. The summed E-state index contributed by atoms with van der Waals surface area (Å²) < 4.78 is 0. The van der Waals surface area contributed by atoms with Crippen LogP contribution in [0, 0.1) is 17.8 Å². The number of aliphatic hydroxyl groups is 2. The first-order valence-corrected chi connectivity index (χ1v) is 19.0. The van der Waals surface area contributed by atoms with Crippen LogP contribution in [-0.4, -0.2) is 129 Å². The van der Waals surface area contributed by atoms with Crippen LogP contribution in [0.15, 0.2) is 0 Å². The fourth-order valence-electron chi connectivity index (χ4n) is 6.16. The Morgan fingerprint density at radius 2 is 1.22 bits per heavy atom. The molecule has 314 valence electrons. The standard InChI is InChI=1S/C36H64N8O11/c1-9-19(6)27(41-32(50)25-11-10-14-44(25)35(53)22(37)15-17(2)3)33(51)40-24(16-18(4)5)31(49)42-28(20(7)45)34(52)39-23(12-13-26(38)47)30(48)43-29(21(8)46)36(54)55/h17-25,27-29,45-46H,9-16,37H2,1-8H3,(H2,38,47)(H,39,52)(H,40,51)(H,41,50)(H,42,49)(H,43,48)(H,54,55)/t19-,20+,21+,22-,23-,24-,25-,27-,28-,29-/m0/s1. The topological polar surface area (TPSA) is 313 Å². The zero-order valence-corrected chi connectivity index (χ0v) is 33.3. The van der Waals surface area contributed by atoms with Crippen molar-refractivity contribution in [3.8, 4) is 0 Å². The molecule has 0 saturated carbocycles. The van der Waals surface area contributed by atoms with Gasteiger partial charge in [-0.3, -0.25) is 33.6 Å². The Balaban J connectivity index is 3.26. The summed E-state index contributed by atoms with van der Waals surface area (Å²) in [7, 11) is 0. The Kier molecular flexibility index (Phi) is 20.2. The van der Waals surface area contributed by atoms with E-state index < -0.39 is 108 Å². The second-order valence-electron chi connectivity index (χ2n) is 15.3. The van der Waals surface area contributed by atoms with Crippen LogP contribution in [0.4, 0.5) is 0 Å². The normalized spacial score (nSPS) is 19.1. The molecule has 1 saturated heterocycles. The molecule has 0 spiro atoms. The van der Waals surface area contributed by atoms with Crippen LogP contribution in [0.3, 0.4) is 0 Å². The van der Waals surface area contributed by atoms with E-state index in [0.29, 0.717) is 32.2 Å². The lowest BCUT2D eigenvalue weighted by atomic mass is 9.96. The lowest BCUT2D eigenvalue weighted by Crippen LogP contribution is -2.62. The molecule has 0 unspecified atom stereocenters. The first kappa shape index (κ1) is 48.7. The van der Waals surface area contributed by atoms with E-state index in [9.17, 15) is 53.7 Å². The Labute approximate surface area is 322 Å². The summed E-state index contributed by atoms with van der Waals surface area (Å²) in [6, 6.07) is -9.01. The van der Waals surface area contributed by atoms with Crippen LogP contribution in [0.25, 0.3) is 0 Å². The summed E-state index contributed by atoms with van der Waals surface area (Å²) in [6.45, 7) is 13.7. The number of nitrogens with zero attached hydrogens (tertiary/aromatic N) is 1. The molecule has 19 heteroatoms. The van der Waals surface area contributed by atoms with Crippen molar-refractivity contribution in [3.05, 3.63) is 0 Å². The van der Waals surface area contributed by atoms with Gasteiger partial charge in [-0.2, -0.15) is 0 Å². The van der Waals surface area contributed by atoms with Crippen molar-refractivity contribution in [2.45, 2.75) is 155 Å². The van der Waals surface area contributed by atoms with E-state index in [4.69, 9.17) is 11.5 Å². The van der Waals surface area contributed by atoms with Gasteiger partial charge in [0.2, 0.25) is 41.4 Å². The van der Waals surface area contributed by atoms with Gasteiger partial charge in [0.25, 0.3) is 0 Å². The van der Waals surface area contributed by atoms with Gasteiger partial charge in [-0.05, 0) is 63.7 Å². The SMILES string of the molecule is CC[C@H](C)[C@H](NC(=O)[C@@H]1CCCN1C(=O)[C@@H](N)CC(C)C)C(=O)N[C@@H](CC(C)C)C(=O)N[C@H](C(=O)N[C@@H](CCC(N)=O)C(=O)N[C@H](C(=O)O)[C@@H](C)O)[C@@H](C)O. The minimum atomic E-state index is -1.76. The molecule has 1 aliphatic heterocycles. The smallest absolute Gasteiger partial charge is 0.328 e. The zero-order valence-electron chi connectivity index (χ0n) is 33.3. The Hall–Kier alpha value is -4.36. The molecular weight excluding hydrogens is 720 g/mol. The number of nitrogens with one attached hydrogen (secondary N) is 5. The minimum absolute atomic E-state index is 0.0745. The number of nitrogens with two attached hydrogens (primary N) is 2. The molecule has 12 N–H and O–H groups in total.